The number of hydrogen-bond acceptors (Lipinski definition) is 7. The van der Waals surface area contributed by atoms with Crippen molar-refractivity contribution in [1.29, 1.82) is 0 Å². The fourth-order valence-corrected chi connectivity index (χ4v) is 2.69. The summed E-state index contributed by atoms with van der Waals surface area (Å²) in [6, 6.07) is 8.18. The minimum Gasteiger partial charge on any atom is -0.457 e. The van der Waals surface area contributed by atoms with Crippen molar-refractivity contribution in [3.8, 4) is 12.0 Å². The zero-order valence-electron chi connectivity index (χ0n) is 11.6. The van der Waals surface area contributed by atoms with Gasteiger partial charge in [0.05, 0.1) is 11.0 Å². The van der Waals surface area contributed by atoms with Crippen molar-refractivity contribution in [3.63, 3.8) is 0 Å². The summed E-state index contributed by atoms with van der Waals surface area (Å²) in [7, 11) is 1.77. The second kappa shape index (κ2) is 5.19. The number of benzene rings is 1. The largest absolute Gasteiger partial charge is 0.457 e. The van der Waals surface area contributed by atoms with Crippen LogP contribution in [0.3, 0.4) is 0 Å². The van der Waals surface area contributed by atoms with Crippen LogP contribution < -0.4 is 4.74 Å². The van der Waals surface area contributed by atoms with Gasteiger partial charge in [0.1, 0.15) is 11.6 Å². The second-order valence-corrected chi connectivity index (χ2v) is 5.51. The van der Waals surface area contributed by atoms with Gasteiger partial charge in [-0.3, -0.25) is 0 Å². The molecule has 0 spiro atoms. The molecule has 3 heterocycles. The number of fused-ring (bicyclic) bond motifs is 1. The molecule has 0 unspecified atom stereocenters. The molecule has 110 valence electrons. The van der Waals surface area contributed by atoms with Gasteiger partial charge in [-0.25, -0.2) is 14.2 Å². The first kappa shape index (κ1) is 12.9. The molecular weight excluding hydrogens is 302 g/mol. The van der Waals surface area contributed by atoms with Gasteiger partial charge in [-0.1, -0.05) is 17.2 Å². The van der Waals surface area contributed by atoms with Crippen LogP contribution in [0.25, 0.3) is 17.0 Å². The SMILES string of the molecule is Cn1nnnc1-n1c(OCc2nccs2)nc2ccccc21. The molecule has 8 nitrogen and oxygen atoms in total. The normalized spacial score (nSPS) is 11.1. The van der Waals surface area contributed by atoms with E-state index in [1.54, 1.807) is 22.5 Å². The number of hydrogen-bond donors (Lipinski definition) is 0. The lowest BCUT2D eigenvalue weighted by Gasteiger charge is -2.07. The van der Waals surface area contributed by atoms with E-state index in [0.717, 1.165) is 16.0 Å². The maximum atomic E-state index is 5.84. The van der Waals surface area contributed by atoms with Crippen LogP contribution in [0.15, 0.2) is 35.8 Å². The zero-order valence-corrected chi connectivity index (χ0v) is 12.4. The molecule has 0 amide bonds. The summed E-state index contributed by atoms with van der Waals surface area (Å²) in [5.74, 6) is 0.544. The molecule has 0 radical (unpaired) electrons. The van der Waals surface area contributed by atoms with Crippen LogP contribution in [-0.4, -0.2) is 34.7 Å². The summed E-state index contributed by atoms with van der Waals surface area (Å²) in [5, 5.41) is 14.4. The van der Waals surface area contributed by atoms with E-state index in [1.807, 2.05) is 29.6 Å². The monoisotopic (exact) mass is 313 g/mol. The van der Waals surface area contributed by atoms with Gasteiger partial charge in [0, 0.05) is 18.6 Å². The summed E-state index contributed by atoms with van der Waals surface area (Å²) in [6.07, 6.45) is 1.75. The van der Waals surface area contributed by atoms with Crippen molar-refractivity contribution in [2.75, 3.05) is 0 Å². The van der Waals surface area contributed by atoms with Crippen molar-refractivity contribution in [1.82, 2.24) is 34.7 Å². The molecule has 3 aromatic heterocycles. The molecule has 0 saturated heterocycles. The van der Waals surface area contributed by atoms with E-state index < -0.39 is 0 Å². The zero-order chi connectivity index (χ0) is 14.9. The third-order valence-corrected chi connectivity index (χ3v) is 3.89. The average molecular weight is 313 g/mol. The van der Waals surface area contributed by atoms with Gasteiger partial charge in [-0.15, -0.1) is 11.3 Å². The van der Waals surface area contributed by atoms with Crippen molar-refractivity contribution < 1.29 is 4.74 Å². The van der Waals surface area contributed by atoms with E-state index >= 15 is 0 Å². The Labute approximate surface area is 129 Å². The van der Waals surface area contributed by atoms with E-state index in [0.29, 0.717) is 18.6 Å². The predicted octanol–water partition coefficient (Wildman–Crippen LogP) is 1.58. The molecule has 0 saturated carbocycles. The number of para-hydroxylation sites is 2. The Morgan fingerprint density at radius 1 is 1.27 bits per heavy atom. The molecular formula is C13H11N7OS. The average Bonchev–Trinajstić information content (AvgIpc) is 3.24. The van der Waals surface area contributed by atoms with Crippen LogP contribution in [0, 0.1) is 0 Å². The highest BCUT2D eigenvalue weighted by molar-refractivity contribution is 7.09. The summed E-state index contributed by atoms with van der Waals surface area (Å²) < 4.78 is 9.20. The maximum Gasteiger partial charge on any atom is 0.305 e. The third kappa shape index (κ3) is 2.11. The Balaban J connectivity index is 1.81. The van der Waals surface area contributed by atoms with Gasteiger partial charge in [0.15, 0.2) is 0 Å². The second-order valence-electron chi connectivity index (χ2n) is 4.54. The van der Waals surface area contributed by atoms with Gasteiger partial charge in [-0.05, 0) is 22.6 Å². The van der Waals surface area contributed by atoms with Crippen LogP contribution in [0.2, 0.25) is 0 Å². The molecule has 0 fully saturated rings. The summed E-state index contributed by atoms with van der Waals surface area (Å²) in [4.78, 5) is 8.72. The Bertz CT molecular complexity index is 912. The van der Waals surface area contributed by atoms with Gasteiger partial charge in [0.2, 0.25) is 0 Å². The van der Waals surface area contributed by atoms with E-state index in [2.05, 4.69) is 25.5 Å². The number of thiazole rings is 1. The summed E-state index contributed by atoms with van der Waals surface area (Å²) in [6.45, 7) is 0.353. The van der Waals surface area contributed by atoms with E-state index in [4.69, 9.17) is 4.74 Å². The molecule has 22 heavy (non-hydrogen) atoms. The Kier molecular flexibility index (Phi) is 3.04. The Hall–Kier alpha value is -2.81. The van der Waals surface area contributed by atoms with Crippen LogP contribution in [0.5, 0.6) is 6.01 Å². The number of tetrazole rings is 1. The summed E-state index contributed by atoms with van der Waals surface area (Å²) in [5.41, 5.74) is 1.70. The van der Waals surface area contributed by atoms with Gasteiger partial charge >= 0.3 is 6.01 Å². The van der Waals surface area contributed by atoms with Crippen LogP contribution in [0.4, 0.5) is 0 Å². The lowest BCUT2D eigenvalue weighted by atomic mass is 10.3. The summed E-state index contributed by atoms with van der Waals surface area (Å²) >= 11 is 1.54. The number of rotatable bonds is 4. The quantitative estimate of drug-likeness (QED) is 0.569. The van der Waals surface area contributed by atoms with E-state index in [1.165, 1.54) is 11.3 Å². The lowest BCUT2D eigenvalue weighted by Crippen LogP contribution is -2.08. The third-order valence-electron chi connectivity index (χ3n) is 3.14. The fraction of sp³-hybridized carbons (Fsp3) is 0.154. The van der Waals surface area contributed by atoms with Crippen molar-refractivity contribution in [2.24, 2.45) is 7.05 Å². The van der Waals surface area contributed by atoms with E-state index in [9.17, 15) is 0 Å². The molecule has 0 bridgehead atoms. The van der Waals surface area contributed by atoms with Crippen molar-refractivity contribution >= 4 is 22.4 Å². The van der Waals surface area contributed by atoms with Crippen molar-refractivity contribution in [2.45, 2.75) is 6.61 Å². The fourth-order valence-electron chi connectivity index (χ4n) is 2.16. The molecule has 0 aliphatic rings. The first-order chi connectivity index (χ1) is 10.8. The molecule has 9 heteroatoms. The molecule has 0 N–H and O–H groups in total. The standard InChI is InChI=1S/C13H11N7OS/c1-19-12(16-17-18-19)20-10-5-3-2-4-9(10)15-13(20)21-8-11-14-6-7-22-11/h2-7H,8H2,1H3. The minimum atomic E-state index is 0.353. The molecule has 4 aromatic rings. The van der Waals surface area contributed by atoms with Gasteiger partial charge < -0.3 is 4.74 Å². The highest BCUT2D eigenvalue weighted by Crippen LogP contribution is 2.25. The molecule has 4 rings (SSSR count). The topological polar surface area (TPSA) is 83.5 Å². The van der Waals surface area contributed by atoms with Crippen molar-refractivity contribution in [3.05, 3.63) is 40.8 Å². The number of imidazole rings is 1. The predicted molar refractivity (Wildman–Crippen MR) is 79.9 cm³/mol. The van der Waals surface area contributed by atoms with E-state index in [-0.39, 0.29) is 0 Å². The first-order valence-corrected chi connectivity index (χ1v) is 7.42. The van der Waals surface area contributed by atoms with Crippen LogP contribution in [-0.2, 0) is 13.7 Å². The number of ether oxygens (including phenoxy) is 1. The van der Waals surface area contributed by atoms with Crippen LogP contribution >= 0.6 is 11.3 Å². The Morgan fingerprint density at radius 2 is 2.18 bits per heavy atom. The maximum absolute atomic E-state index is 5.84. The first-order valence-electron chi connectivity index (χ1n) is 6.54. The highest BCUT2D eigenvalue weighted by Gasteiger charge is 2.18. The lowest BCUT2D eigenvalue weighted by molar-refractivity contribution is 0.276. The highest BCUT2D eigenvalue weighted by atomic mass is 32.1. The molecule has 0 aliphatic heterocycles. The van der Waals surface area contributed by atoms with Gasteiger partial charge in [0.25, 0.3) is 5.95 Å². The number of aryl methyl sites for hydroxylation is 1. The van der Waals surface area contributed by atoms with Crippen LogP contribution in [0.1, 0.15) is 5.01 Å². The molecule has 0 aliphatic carbocycles. The number of nitrogens with zero attached hydrogens (tertiary/aromatic N) is 7. The number of aromatic nitrogens is 7. The smallest absolute Gasteiger partial charge is 0.305 e. The Morgan fingerprint density at radius 3 is 2.95 bits per heavy atom. The molecule has 1 aromatic carbocycles. The van der Waals surface area contributed by atoms with Gasteiger partial charge in [-0.2, -0.15) is 4.98 Å². The molecule has 0 atom stereocenters. The minimum absolute atomic E-state index is 0.353.